The van der Waals surface area contributed by atoms with Crippen molar-refractivity contribution < 1.29 is 23.5 Å². The molecule has 23 heavy (non-hydrogen) atoms. The summed E-state index contributed by atoms with van der Waals surface area (Å²) in [6.45, 7) is 0. The number of benzene rings is 1. The number of imide groups is 1. The molecule has 1 aliphatic rings. The Morgan fingerprint density at radius 3 is 2.83 bits per heavy atom. The van der Waals surface area contributed by atoms with Crippen molar-refractivity contribution in [2.45, 2.75) is 11.7 Å². The van der Waals surface area contributed by atoms with Gasteiger partial charge in [-0.15, -0.1) is 5.10 Å². The molecule has 1 aromatic carbocycles. The van der Waals surface area contributed by atoms with Gasteiger partial charge in [-0.1, -0.05) is 23.9 Å². The zero-order chi connectivity index (χ0) is 16.4. The number of aromatic nitrogens is 2. The van der Waals surface area contributed by atoms with Gasteiger partial charge in [-0.2, -0.15) is 0 Å². The van der Waals surface area contributed by atoms with E-state index in [2.05, 4.69) is 15.5 Å². The lowest BCUT2D eigenvalue weighted by Gasteiger charge is -2.08. The molecule has 1 unspecified atom stereocenters. The number of esters is 1. The first kappa shape index (κ1) is 15.4. The molecular formula is C13H9N3O5S2. The average molecular weight is 351 g/mol. The Bertz CT molecular complexity index is 844. The third kappa shape index (κ3) is 3.48. The molecule has 8 nitrogen and oxygen atoms in total. The fraction of sp³-hybridized carbons (Fsp3) is 0.154. The first-order valence-corrected chi connectivity index (χ1v) is 7.69. The molecule has 3 rings (SSSR count). The topological polar surface area (TPSA) is 114 Å². The van der Waals surface area contributed by atoms with Crippen molar-refractivity contribution in [3.63, 3.8) is 0 Å². The van der Waals surface area contributed by atoms with E-state index >= 15 is 0 Å². The van der Waals surface area contributed by atoms with Crippen LogP contribution in [0.15, 0.2) is 28.7 Å². The van der Waals surface area contributed by atoms with Crippen molar-refractivity contribution in [2.75, 3.05) is 0 Å². The number of carbonyl (C=O) groups excluding carboxylic acids is 3. The molecule has 1 aliphatic heterocycles. The number of hydrogen-bond donors (Lipinski definition) is 2. The molecule has 1 atom stereocenters. The molecule has 0 radical (unpaired) electrons. The Hall–Kier alpha value is -2.46. The van der Waals surface area contributed by atoms with E-state index in [-0.39, 0.29) is 22.9 Å². The molecule has 1 fully saturated rings. The second-order valence-corrected chi connectivity index (χ2v) is 6.02. The summed E-state index contributed by atoms with van der Waals surface area (Å²) in [5.41, 5.74) is 0.438. The summed E-state index contributed by atoms with van der Waals surface area (Å²) in [4.78, 5) is 34.7. The quantitative estimate of drug-likeness (QED) is 0.489. The molecule has 0 bridgehead atoms. The van der Waals surface area contributed by atoms with Crippen molar-refractivity contribution in [1.82, 2.24) is 15.5 Å². The number of aromatic amines is 1. The SMILES string of the molecule is O=C(CC1SC(=O)NC1=O)Oc1ccccc1-c1n[nH]c(=S)o1. The highest BCUT2D eigenvalue weighted by Gasteiger charge is 2.34. The summed E-state index contributed by atoms with van der Waals surface area (Å²) in [6.07, 6.45) is -0.222. The van der Waals surface area contributed by atoms with Gasteiger partial charge in [0.1, 0.15) is 11.0 Å². The molecule has 0 saturated carbocycles. The van der Waals surface area contributed by atoms with Gasteiger partial charge in [0.2, 0.25) is 11.8 Å². The highest BCUT2D eigenvalue weighted by atomic mass is 32.2. The number of hydrogen-bond acceptors (Lipinski definition) is 8. The van der Waals surface area contributed by atoms with E-state index in [9.17, 15) is 14.4 Å². The van der Waals surface area contributed by atoms with E-state index < -0.39 is 22.4 Å². The molecule has 1 saturated heterocycles. The lowest BCUT2D eigenvalue weighted by Crippen LogP contribution is -2.27. The van der Waals surface area contributed by atoms with Crippen LogP contribution in [0.5, 0.6) is 5.75 Å². The number of carbonyl (C=O) groups is 3. The molecular weight excluding hydrogens is 342 g/mol. The van der Waals surface area contributed by atoms with E-state index in [0.717, 1.165) is 11.8 Å². The van der Waals surface area contributed by atoms with Gasteiger partial charge in [-0.05, 0) is 24.4 Å². The zero-order valence-electron chi connectivity index (χ0n) is 11.4. The van der Waals surface area contributed by atoms with Crippen LogP contribution in [0.25, 0.3) is 11.5 Å². The minimum absolute atomic E-state index is 0.0960. The molecule has 10 heteroatoms. The van der Waals surface area contributed by atoms with E-state index in [0.29, 0.717) is 5.56 Å². The smallest absolute Gasteiger partial charge is 0.312 e. The van der Waals surface area contributed by atoms with Gasteiger partial charge < -0.3 is 9.15 Å². The average Bonchev–Trinajstić information content (AvgIpc) is 3.05. The highest BCUT2D eigenvalue weighted by Crippen LogP contribution is 2.29. The number of rotatable bonds is 4. The minimum Gasteiger partial charge on any atom is -0.426 e. The van der Waals surface area contributed by atoms with Crippen molar-refractivity contribution >= 4 is 41.1 Å². The molecule has 0 aliphatic carbocycles. The lowest BCUT2D eigenvalue weighted by atomic mass is 10.2. The van der Waals surface area contributed by atoms with Crippen molar-refractivity contribution in [2.24, 2.45) is 0 Å². The normalized spacial score (nSPS) is 17.1. The number of para-hydroxylation sites is 1. The van der Waals surface area contributed by atoms with Gasteiger partial charge >= 0.3 is 5.97 Å². The maximum absolute atomic E-state index is 12.0. The zero-order valence-corrected chi connectivity index (χ0v) is 13.0. The second-order valence-electron chi connectivity index (χ2n) is 4.48. The first-order valence-electron chi connectivity index (χ1n) is 6.40. The third-order valence-electron chi connectivity index (χ3n) is 2.90. The number of nitrogens with one attached hydrogen (secondary N) is 2. The van der Waals surface area contributed by atoms with Gasteiger partial charge in [0.05, 0.1) is 12.0 Å². The number of nitrogens with zero attached hydrogens (tertiary/aromatic N) is 1. The van der Waals surface area contributed by atoms with Gasteiger partial charge in [0.25, 0.3) is 10.1 Å². The Balaban J connectivity index is 1.75. The molecule has 1 aromatic heterocycles. The molecule has 2 amide bonds. The van der Waals surface area contributed by atoms with Crippen LogP contribution in [-0.4, -0.2) is 32.6 Å². The molecule has 2 heterocycles. The van der Waals surface area contributed by atoms with Crippen LogP contribution in [0.3, 0.4) is 0 Å². The van der Waals surface area contributed by atoms with Crippen molar-refractivity contribution in [1.29, 1.82) is 0 Å². The Morgan fingerprint density at radius 1 is 1.39 bits per heavy atom. The van der Waals surface area contributed by atoms with Gasteiger partial charge in [0.15, 0.2) is 0 Å². The number of amides is 2. The Morgan fingerprint density at radius 2 is 2.17 bits per heavy atom. The van der Waals surface area contributed by atoms with Crippen LogP contribution in [0.1, 0.15) is 6.42 Å². The minimum atomic E-state index is -0.781. The summed E-state index contributed by atoms with van der Waals surface area (Å²) in [7, 11) is 0. The number of ether oxygens (including phenoxy) is 1. The van der Waals surface area contributed by atoms with Crippen molar-refractivity contribution in [3.8, 4) is 17.2 Å². The fourth-order valence-corrected chi connectivity index (χ4v) is 2.85. The van der Waals surface area contributed by atoms with E-state index in [1.54, 1.807) is 24.3 Å². The van der Waals surface area contributed by atoms with Crippen LogP contribution in [0.4, 0.5) is 4.79 Å². The highest BCUT2D eigenvalue weighted by molar-refractivity contribution is 8.15. The predicted molar refractivity (Wildman–Crippen MR) is 82.3 cm³/mol. The second kappa shape index (κ2) is 6.34. The van der Waals surface area contributed by atoms with E-state index in [1.165, 1.54) is 0 Å². The van der Waals surface area contributed by atoms with Gasteiger partial charge in [-0.3, -0.25) is 19.7 Å². The van der Waals surface area contributed by atoms with E-state index in [1.807, 2.05) is 0 Å². The lowest BCUT2D eigenvalue weighted by molar-refractivity contribution is -0.135. The van der Waals surface area contributed by atoms with Crippen LogP contribution >= 0.6 is 24.0 Å². The van der Waals surface area contributed by atoms with Gasteiger partial charge in [0, 0.05) is 0 Å². The monoisotopic (exact) mass is 351 g/mol. The predicted octanol–water partition coefficient (Wildman–Crippen LogP) is 2.05. The van der Waals surface area contributed by atoms with Gasteiger partial charge in [-0.25, -0.2) is 5.10 Å². The summed E-state index contributed by atoms with van der Waals surface area (Å²) in [5.74, 6) is -0.740. The fourth-order valence-electron chi connectivity index (χ4n) is 1.92. The van der Waals surface area contributed by atoms with Crippen LogP contribution in [0, 0.1) is 4.84 Å². The largest absolute Gasteiger partial charge is 0.426 e. The molecule has 2 N–H and O–H groups in total. The number of H-pyrrole nitrogens is 1. The summed E-state index contributed by atoms with van der Waals surface area (Å²) in [5, 5.41) is 7.22. The summed E-state index contributed by atoms with van der Waals surface area (Å²) >= 11 is 5.58. The van der Waals surface area contributed by atoms with Crippen LogP contribution < -0.4 is 10.1 Å². The maximum atomic E-state index is 12.0. The van der Waals surface area contributed by atoms with Crippen molar-refractivity contribution in [3.05, 3.63) is 29.1 Å². The Labute approximate surface area is 138 Å². The standard InChI is InChI=1S/C13H9N3O5S2/c17-9(5-8-10(18)14-12(19)23-8)20-7-4-2-1-3-6(7)11-15-16-13(22)21-11/h1-4,8H,5H2,(H,16,22)(H,14,18,19). The summed E-state index contributed by atoms with van der Waals surface area (Å²) < 4.78 is 10.5. The van der Waals surface area contributed by atoms with Crippen LogP contribution in [0.2, 0.25) is 0 Å². The van der Waals surface area contributed by atoms with Crippen LogP contribution in [-0.2, 0) is 9.59 Å². The molecule has 0 spiro atoms. The first-order chi connectivity index (χ1) is 11.0. The number of thioether (sulfide) groups is 1. The maximum Gasteiger partial charge on any atom is 0.312 e. The molecule has 2 aromatic rings. The summed E-state index contributed by atoms with van der Waals surface area (Å²) in [6, 6.07) is 6.61. The third-order valence-corrected chi connectivity index (χ3v) is 4.05. The Kier molecular flexibility index (Phi) is 4.26. The van der Waals surface area contributed by atoms with E-state index in [4.69, 9.17) is 21.4 Å². The molecule has 118 valence electrons.